The number of primary amides is 1. The molecule has 37 heavy (non-hydrogen) atoms. The van der Waals surface area contributed by atoms with Crippen LogP contribution < -0.4 is 22.3 Å². The van der Waals surface area contributed by atoms with Crippen LogP contribution in [-0.4, -0.2) is 25.4 Å². The minimum absolute atomic E-state index is 0.0137. The third-order valence-corrected chi connectivity index (χ3v) is 6.54. The third-order valence-electron chi connectivity index (χ3n) is 6.22. The summed E-state index contributed by atoms with van der Waals surface area (Å²) in [5.41, 5.74) is 11.5. The zero-order valence-electron chi connectivity index (χ0n) is 19.5. The molecule has 10 nitrogen and oxygen atoms in total. The molecule has 1 aliphatic rings. The molecule has 4 aromatic rings. The summed E-state index contributed by atoms with van der Waals surface area (Å²) in [5.74, 6) is -1.13. The highest BCUT2D eigenvalue weighted by Crippen LogP contribution is 2.43. The summed E-state index contributed by atoms with van der Waals surface area (Å²) in [4.78, 5) is 38.5. The van der Waals surface area contributed by atoms with Gasteiger partial charge in [-0.1, -0.05) is 17.7 Å². The fourth-order valence-corrected chi connectivity index (χ4v) is 4.53. The van der Waals surface area contributed by atoms with E-state index in [0.29, 0.717) is 5.69 Å². The Morgan fingerprint density at radius 1 is 1.27 bits per heavy atom. The normalized spacial score (nSPS) is 13.8. The van der Waals surface area contributed by atoms with Crippen molar-refractivity contribution in [3.63, 3.8) is 0 Å². The number of nitriles is 1. The summed E-state index contributed by atoms with van der Waals surface area (Å²) in [7, 11) is 0. The van der Waals surface area contributed by atoms with Gasteiger partial charge in [0.1, 0.15) is 34.6 Å². The maximum atomic E-state index is 14.9. The largest absolute Gasteiger partial charge is 0.368 e. The van der Waals surface area contributed by atoms with Crippen molar-refractivity contribution in [2.75, 3.05) is 11.1 Å². The average molecular weight is 519 g/mol. The lowest BCUT2D eigenvalue weighted by atomic mass is 10.1. The molecule has 0 aliphatic heterocycles. The van der Waals surface area contributed by atoms with Crippen LogP contribution in [0.5, 0.6) is 0 Å². The zero-order valence-corrected chi connectivity index (χ0v) is 20.3. The molecule has 2 heterocycles. The molecule has 186 valence electrons. The van der Waals surface area contributed by atoms with Crippen LogP contribution in [0.25, 0.3) is 16.6 Å². The van der Waals surface area contributed by atoms with Gasteiger partial charge in [0.15, 0.2) is 0 Å². The standard InChI is InChI=1S/C25H20ClFN8O2/c1-11-15(10-28)22(34-25(30)31-11)32-19(12-5-6-12)23-33-20-17(27)8-7-16(26)18(20)24(37)35(23)14-4-2-3-13(9-14)21(29)36/h2-4,7-9,12,19H,5-6H2,1H3,(H2,29,36)(H3,30,31,32,34). The molecule has 0 bridgehead atoms. The number of anilines is 2. The second-order valence-corrected chi connectivity index (χ2v) is 9.15. The quantitative estimate of drug-likeness (QED) is 0.349. The number of aryl methyl sites for hydroxylation is 1. The van der Waals surface area contributed by atoms with Gasteiger partial charge in [0, 0.05) is 5.56 Å². The van der Waals surface area contributed by atoms with E-state index in [-0.39, 0.29) is 56.2 Å². The number of benzene rings is 2. The van der Waals surface area contributed by atoms with Gasteiger partial charge in [-0.15, -0.1) is 0 Å². The molecule has 0 radical (unpaired) electrons. The number of nitrogens with one attached hydrogen (secondary N) is 1. The zero-order chi connectivity index (χ0) is 26.4. The fraction of sp³-hybridized carbons (Fsp3) is 0.200. The molecule has 2 aromatic carbocycles. The number of carbonyl (C=O) groups excluding carboxylic acids is 1. The number of nitrogens with zero attached hydrogens (tertiary/aromatic N) is 5. The van der Waals surface area contributed by atoms with Crippen molar-refractivity contribution < 1.29 is 9.18 Å². The third kappa shape index (κ3) is 4.32. The maximum absolute atomic E-state index is 14.9. The molecule has 1 aliphatic carbocycles. The van der Waals surface area contributed by atoms with Crippen molar-refractivity contribution in [2.45, 2.75) is 25.8 Å². The van der Waals surface area contributed by atoms with Crippen molar-refractivity contribution in [1.29, 1.82) is 5.26 Å². The molecular formula is C25H20ClFN8O2. The summed E-state index contributed by atoms with van der Waals surface area (Å²) in [5, 5.41) is 12.8. The minimum atomic E-state index is -0.717. The van der Waals surface area contributed by atoms with Crippen molar-refractivity contribution >= 4 is 40.2 Å². The Hall–Kier alpha value is -4.56. The molecule has 1 unspecified atom stereocenters. The lowest BCUT2D eigenvalue weighted by molar-refractivity contribution is 0.1000. The molecule has 0 spiro atoms. The van der Waals surface area contributed by atoms with E-state index >= 15 is 0 Å². The predicted octanol–water partition coefficient (Wildman–Crippen LogP) is 3.39. The van der Waals surface area contributed by atoms with Crippen LogP contribution >= 0.6 is 11.6 Å². The number of nitrogen functional groups attached to an aromatic ring is 1. The van der Waals surface area contributed by atoms with Gasteiger partial charge in [-0.05, 0) is 56.0 Å². The van der Waals surface area contributed by atoms with Crippen LogP contribution in [0.1, 0.15) is 46.3 Å². The number of halogens is 2. The van der Waals surface area contributed by atoms with Crippen LogP contribution in [0.2, 0.25) is 5.02 Å². The van der Waals surface area contributed by atoms with E-state index in [9.17, 15) is 19.2 Å². The van der Waals surface area contributed by atoms with Crippen LogP contribution in [0.4, 0.5) is 16.2 Å². The first kappa shape index (κ1) is 24.1. The van der Waals surface area contributed by atoms with Gasteiger partial charge in [-0.3, -0.25) is 14.2 Å². The van der Waals surface area contributed by atoms with Crippen LogP contribution in [0, 0.1) is 30.0 Å². The Morgan fingerprint density at radius 3 is 2.70 bits per heavy atom. The first-order valence-electron chi connectivity index (χ1n) is 11.3. The first-order chi connectivity index (χ1) is 17.7. The Bertz CT molecular complexity index is 1690. The molecule has 12 heteroatoms. The number of fused-ring (bicyclic) bond motifs is 1. The van der Waals surface area contributed by atoms with E-state index in [2.05, 4.69) is 26.3 Å². The molecule has 0 saturated heterocycles. The Labute approximate surface area is 214 Å². The molecule has 2 aromatic heterocycles. The summed E-state index contributed by atoms with van der Waals surface area (Å²) < 4.78 is 16.2. The Balaban J connectivity index is 1.81. The van der Waals surface area contributed by atoms with Crippen molar-refractivity contribution in [3.8, 4) is 11.8 Å². The van der Waals surface area contributed by atoms with E-state index in [1.54, 1.807) is 19.1 Å². The molecule has 1 saturated carbocycles. The lowest BCUT2D eigenvalue weighted by Gasteiger charge is -2.24. The maximum Gasteiger partial charge on any atom is 0.267 e. The lowest BCUT2D eigenvalue weighted by Crippen LogP contribution is -2.30. The number of hydrogen-bond acceptors (Lipinski definition) is 8. The number of nitrogens with two attached hydrogens (primary N) is 2. The number of carbonyl (C=O) groups is 1. The second-order valence-electron chi connectivity index (χ2n) is 8.74. The topological polar surface area (TPSA) is 166 Å². The molecule has 1 atom stereocenters. The van der Waals surface area contributed by atoms with Gasteiger partial charge in [0.05, 0.1) is 27.8 Å². The van der Waals surface area contributed by atoms with Crippen molar-refractivity contribution in [3.05, 3.63) is 80.2 Å². The van der Waals surface area contributed by atoms with Gasteiger partial charge >= 0.3 is 0 Å². The number of amides is 1. The average Bonchev–Trinajstić information content (AvgIpc) is 3.69. The van der Waals surface area contributed by atoms with Gasteiger partial charge in [0.25, 0.3) is 5.56 Å². The summed E-state index contributed by atoms with van der Waals surface area (Å²) >= 11 is 6.31. The first-order valence-corrected chi connectivity index (χ1v) is 11.7. The van der Waals surface area contributed by atoms with E-state index in [1.807, 2.05) is 0 Å². The monoisotopic (exact) mass is 518 g/mol. The van der Waals surface area contributed by atoms with Gasteiger partial charge < -0.3 is 16.8 Å². The molecular weight excluding hydrogens is 499 g/mol. The predicted molar refractivity (Wildman–Crippen MR) is 136 cm³/mol. The highest BCUT2D eigenvalue weighted by molar-refractivity contribution is 6.35. The van der Waals surface area contributed by atoms with Gasteiger partial charge in [-0.2, -0.15) is 10.2 Å². The van der Waals surface area contributed by atoms with Crippen LogP contribution in [0.15, 0.2) is 41.2 Å². The molecule has 1 fully saturated rings. The molecule has 1 amide bonds. The van der Waals surface area contributed by atoms with Crippen molar-refractivity contribution in [2.24, 2.45) is 11.7 Å². The fourth-order valence-electron chi connectivity index (χ4n) is 4.29. The minimum Gasteiger partial charge on any atom is -0.368 e. The highest BCUT2D eigenvalue weighted by Gasteiger charge is 2.37. The van der Waals surface area contributed by atoms with Gasteiger partial charge in [0.2, 0.25) is 11.9 Å². The van der Waals surface area contributed by atoms with Crippen LogP contribution in [-0.2, 0) is 0 Å². The van der Waals surface area contributed by atoms with E-state index in [4.69, 9.17) is 23.1 Å². The highest BCUT2D eigenvalue weighted by atomic mass is 35.5. The number of hydrogen-bond donors (Lipinski definition) is 3. The SMILES string of the molecule is Cc1nc(N)nc(NC(c2nc3c(F)ccc(Cl)c3c(=O)n2-c2cccc(C(N)=O)c2)C2CC2)c1C#N. The molecule has 5 rings (SSSR count). The summed E-state index contributed by atoms with van der Waals surface area (Å²) in [6.07, 6.45) is 1.57. The van der Waals surface area contributed by atoms with Crippen molar-refractivity contribution in [1.82, 2.24) is 19.5 Å². The van der Waals surface area contributed by atoms with E-state index < -0.39 is 23.3 Å². The Kier molecular flexibility index (Phi) is 5.97. The smallest absolute Gasteiger partial charge is 0.267 e. The summed E-state index contributed by atoms with van der Waals surface area (Å²) in [6, 6.07) is 9.97. The van der Waals surface area contributed by atoms with Gasteiger partial charge in [-0.25, -0.2) is 14.4 Å². The number of rotatable bonds is 6. The van der Waals surface area contributed by atoms with E-state index in [0.717, 1.165) is 18.9 Å². The second kappa shape index (κ2) is 9.15. The Morgan fingerprint density at radius 2 is 2.03 bits per heavy atom. The number of aromatic nitrogens is 4. The summed E-state index contributed by atoms with van der Waals surface area (Å²) in [6.45, 7) is 1.63. The van der Waals surface area contributed by atoms with E-state index in [1.165, 1.54) is 22.8 Å². The van der Waals surface area contributed by atoms with Crippen LogP contribution in [0.3, 0.4) is 0 Å². The molecule has 5 N–H and O–H groups in total.